The zero-order valence-electron chi connectivity index (χ0n) is 16.7. The third-order valence-corrected chi connectivity index (χ3v) is 4.74. The molecule has 0 fully saturated rings. The lowest BCUT2D eigenvalue weighted by Crippen LogP contribution is -2.33. The Morgan fingerprint density at radius 1 is 1.06 bits per heavy atom. The van der Waals surface area contributed by atoms with Crippen LogP contribution in [0, 0.1) is 11.8 Å². The van der Waals surface area contributed by atoms with Crippen LogP contribution in [0.4, 0.5) is 8.78 Å². The lowest BCUT2D eigenvalue weighted by Gasteiger charge is -2.21. The van der Waals surface area contributed by atoms with Gasteiger partial charge in [-0.2, -0.15) is 29.5 Å². The highest BCUT2D eigenvalue weighted by Crippen LogP contribution is 2.16. The topological polar surface area (TPSA) is 81.7 Å². The molecular formula is C21H19F2N7O. The highest BCUT2D eigenvalue weighted by atomic mass is 19.2. The summed E-state index contributed by atoms with van der Waals surface area (Å²) in [5.74, 6) is -2.16. The Balaban J connectivity index is 1.48. The molecule has 0 bridgehead atoms. The van der Waals surface area contributed by atoms with Gasteiger partial charge in [0.1, 0.15) is 0 Å². The van der Waals surface area contributed by atoms with Gasteiger partial charge < -0.3 is 4.90 Å². The van der Waals surface area contributed by atoms with Crippen LogP contribution < -0.4 is 0 Å². The van der Waals surface area contributed by atoms with Gasteiger partial charge in [-0.3, -0.25) is 4.79 Å². The van der Waals surface area contributed by atoms with E-state index in [4.69, 9.17) is 0 Å². The van der Waals surface area contributed by atoms with Gasteiger partial charge in [-0.25, -0.2) is 9.07 Å². The maximum Gasteiger partial charge on any atom is 0.256 e. The van der Waals surface area contributed by atoms with E-state index < -0.39 is 11.8 Å². The minimum atomic E-state index is -1.18. The summed E-state index contributed by atoms with van der Waals surface area (Å²) in [5, 5.41) is 12.6. The molecule has 1 aromatic carbocycles. The number of likely N-dealkylation sites (N-methyl/N-ethyl adjacent to an activating group) is 1. The van der Waals surface area contributed by atoms with Crippen molar-refractivity contribution in [3.05, 3.63) is 84.1 Å². The van der Waals surface area contributed by atoms with E-state index in [0.717, 1.165) is 6.07 Å². The van der Waals surface area contributed by atoms with Crippen molar-refractivity contribution in [2.75, 3.05) is 13.1 Å². The first-order valence-electron chi connectivity index (χ1n) is 9.68. The first-order valence-corrected chi connectivity index (χ1v) is 9.68. The van der Waals surface area contributed by atoms with E-state index >= 15 is 0 Å². The second kappa shape index (κ2) is 8.82. The van der Waals surface area contributed by atoms with Crippen molar-refractivity contribution < 1.29 is 13.6 Å². The van der Waals surface area contributed by atoms with Crippen LogP contribution in [0.5, 0.6) is 0 Å². The standard InChI is InChI=1S/C21H19F2N7O/c1-2-28(21(31)16-5-3-4-6-18(16)30-24-11-12-25-30)13-9-15-10-14-29(27-15)19-8-7-17(22)20(23)26-19/h3-8,10-12,14H,2,9,13H2,1H3. The second-order valence-electron chi connectivity index (χ2n) is 6.66. The highest BCUT2D eigenvalue weighted by Gasteiger charge is 2.19. The minimum absolute atomic E-state index is 0.142. The van der Waals surface area contributed by atoms with Gasteiger partial charge in [0.15, 0.2) is 11.6 Å². The largest absolute Gasteiger partial charge is 0.338 e. The Labute approximate surface area is 176 Å². The van der Waals surface area contributed by atoms with E-state index in [-0.39, 0.29) is 11.7 Å². The molecule has 0 radical (unpaired) electrons. The van der Waals surface area contributed by atoms with Crippen molar-refractivity contribution >= 4 is 5.91 Å². The van der Waals surface area contributed by atoms with Crippen molar-refractivity contribution in [3.63, 3.8) is 0 Å². The normalized spacial score (nSPS) is 10.9. The molecule has 158 valence electrons. The van der Waals surface area contributed by atoms with Crippen LogP contribution in [0.1, 0.15) is 23.0 Å². The molecule has 0 unspecified atom stereocenters. The van der Waals surface area contributed by atoms with E-state index in [9.17, 15) is 13.6 Å². The highest BCUT2D eigenvalue weighted by molar-refractivity contribution is 5.97. The zero-order valence-corrected chi connectivity index (χ0v) is 16.7. The molecule has 8 nitrogen and oxygen atoms in total. The number of benzene rings is 1. The summed E-state index contributed by atoms with van der Waals surface area (Å²) >= 11 is 0. The van der Waals surface area contributed by atoms with Gasteiger partial charge in [-0.15, -0.1) is 0 Å². The maximum absolute atomic E-state index is 13.4. The summed E-state index contributed by atoms with van der Waals surface area (Å²) < 4.78 is 27.8. The van der Waals surface area contributed by atoms with Crippen LogP contribution in [0.15, 0.2) is 61.1 Å². The van der Waals surface area contributed by atoms with Gasteiger partial charge in [-0.05, 0) is 37.3 Å². The van der Waals surface area contributed by atoms with E-state index in [2.05, 4.69) is 20.3 Å². The number of para-hydroxylation sites is 1. The first kappa shape index (κ1) is 20.3. The number of carbonyl (C=O) groups excluding carboxylic acids is 1. The first-order chi connectivity index (χ1) is 15.1. The average molecular weight is 423 g/mol. The van der Waals surface area contributed by atoms with Crippen LogP contribution in [-0.2, 0) is 6.42 Å². The Morgan fingerprint density at radius 2 is 1.84 bits per heavy atom. The molecule has 0 atom stereocenters. The minimum Gasteiger partial charge on any atom is -0.338 e. The van der Waals surface area contributed by atoms with Crippen LogP contribution in [0.3, 0.4) is 0 Å². The second-order valence-corrected chi connectivity index (χ2v) is 6.66. The summed E-state index contributed by atoms with van der Waals surface area (Å²) in [6, 6.07) is 11.3. The molecule has 0 aliphatic carbocycles. The summed E-state index contributed by atoms with van der Waals surface area (Å²) in [6.07, 6.45) is 5.21. The van der Waals surface area contributed by atoms with Crippen molar-refractivity contribution in [1.82, 2.24) is 34.7 Å². The SMILES string of the molecule is CCN(CCc1ccn(-c2ccc(F)c(F)n2)n1)C(=O)c1ccccc1-n1nccn1. The van der Waals surface area contributed by atoms with Gasteiger partial charge in [0.2, 0.25) is 0 Å². The average Bonchev–Trinajstić information content (AvgIpc) is 3.48. The number of hydrogen-bond acceptors (Lipinski definition) is 5. The maximum atomic E-state index is 13.4. The Bertz CT molecular complexity index is 1190. The van der Waals surface area contributed by atoms with Crippen molar-refractivity contribution in [1.29, 1.82) is 0 Å². The number of pyridine rings is 1. The fourth-order valence-corrected chi connectivity index (χ4v) is 3.15. The van der Waals surface area contributed by atoms with Gasteiger partial charge in [0.05, 0.1) is 29.3 Å². The molecule has 0 aliphatic heterocycles. The molecule has 31 heavy (non-hydrogen) atoms. The number of aromatic nitrogens is 6. The summed E-state index contributed by atoms with van der Waals surface area (Å²) in [4.78, 5) is 19.8. The zero-order chi connectivity index (χ0) is 21.8. The summed E-state index contributed by atoms with van der Waals surface area (Å²) in [5.41, 5.74) is 1.79. The molecule has 3 heterocycles. The summed E-state index contributed by atoms with van der Waals surface area (Å²) in [6.45, 7) is 2.83. The Morgan fingerprint density at radius 3 is 2.58 bits per heavy atom. The van der Waals surface area contributed by atoms with Gasteiger partial charge >= 0.3 is 0 Å². The number of nitrogens with zero attached hydrogens (tertiary/aromatic N) is 7. The van der Waals surface area contributed by atoms with E-state index in [0.29, 0.717) is 36.5 Å². The van der Waals surface area contributed by atoms with Crippen LogP contribution >= 0.6 is 0 Å². The predicted molar refractivity (Wildman–Crippen MR) is 108 cm³/mol. The van der Waals surface area contributed by atoms with Gasteiger partial charge in [0, 0.05) is 25.7 Å². The third kappa shape index (κ3) is 4.32. The molecule has 4 rings (SSSR count). The number of halogens is 2. The number of carbonyl (C=O) groups is 1. The third-order valence-electron chi connectivity index (χ3n) is 4.74. The van der Waals surface area contributed by atoms with Crippen LogP contribution in [0.25, 0.3) is 11.5 Å². The van der Waals surface area contributed by atoms with E-state index in [1.54, 1.807) is 47.8 Å². The van der Waals surface area contributed by atoms with Crippen LogP contribution in [0.2, 0.25) is 0 Å². The quantitative estimate of drug-likeness (QED) is 0.427. The smallest absolute Gasteiger partial charge is 0.256 e. The molecule has 0 spiro atoms. The number of hydrogen-bond donors (Lipinski definition) is 0. The molecule has 0 saturated carbocycles. The Kier molecular flexibility index (Phi) is 5.78. The van der Waals surface area contributed by atoms with Crippen molar-refractivity contribution in [2.24, 2.45) is 0 Å². The fourth-order valence-electron chi connectivity index (χ4n) is 3.15. The number of rotatable bonds is 7. The lowest BCUT2D eigenvalue weighted by molar-refractivity contribution is 0.0765. The molecule has 10 heteroatoms. The van der Waals surface area contributed by atoms with Gasteiger partial charge in [0.25, 0.3) is 11.9 Å². The molecule has 3 aromatic heterocycles. The molecule has 4 aromatic rings. The van der Waals surface area contributed by atoms with Crippen molar-refractivity contribution in [2.45, 2.75) is 13.3 Å². The molecule has 0 saturated heterocycles. The van der Waals surface area contributed by atoms with Crippen molar-refractivity contribution in [3.8, 4) is 11.5 Å². The molecule has 0 aliphatic rings. The molecule has 1 amide bonds. The molecule has 0 N–H and O–H groups in total. The fraction of sp³-hybridized carbons (Fsp3) is 0.190. The van der Waals surface area contributed by atoms with Gasteiger partial charge in [-0.1, -0.05) is 12.1 Å². The number of amides is 1. The monoisotopic (exact) mass is 423 g/mol. The van der Waals surface area contributed by atoms with E-state index in [1.807, 2.05) is 13.0 Å². The summed E-state index contributed by atoms with van der Waals surface area (Å²) in [7, 11) is 0. The van der Waals surface area contributed by atoms with Crippen LogP contribution in [-0.4, -0.2) is 53.7 Å². The molecular weight excluding hydrogens is 404 g/mol. The predicted octanol–water partition coefficient (Wildman–Crippen LogP) is 2.83. The lowest BCUT2D eigenvalue weighted by atomic mass is 10.1. The Hall–Kier alpha value is -3.95. The van der Waals surface area contributed by atoms with E-state index in [1.165, 1.54) is 15.5 Å².